The van der Waals surface area contributed by atoms with E-state index in [2.05, 4.69) is 10.4 Å². The van der Waals surface area contributed by atoms with Crippen LogP contribution in [0.25, 0.3) is 0 Å². The molecule has 1 atom stereocenters. The van der Waals surface area contributed by atoms with E-state index in [0.717, 1.165) is 0 Å². The molecule has 29 heavy (non-hydrogen) atoms. The topological polar surface area (TPSA) is 78.2 Å². The van der Waals surface area contributed by atoms with Crippen LogP contribution in [0.5, 0.6) is 11.5 Å². The molecule has 0 aliphatic rings. The Morgan fingerprint density at radius 2 is 1.86 bits per heavy atom. The fourth-order valence-electron chi connectivity index (χ4n) is 2.92. The van der Waals surface area contributed by atoms with Crippen LogP contribution >= 0.6 is 0 Å². The van der Waals surface area contributed by atoms with Crippen molar-refractivity contribution in [3.05, 3.63) is 71.0 Å². The van der Waals surface area contributed by atoms with Crippen LogP contribution in [0.2, 0.25) is 0 Å². The van der Waals surface area contributed by atoms with Gasteiger partial charge in [0.15, 0.2) is 5.82 Å². The minimum Gasteiger partial charge on any atom is -0.457 e. The van der Waals surface area contributed by atoms with Gasteiger partial charge in [-0.15, -0.1) is 0 Å². The summed E-state index contributed by atoms with van der Waals surface area (Å²) in [6.07, 6.45) is 3.74. The standard InChI is InChI=1S/C21H23FN4O3/c1-14(2)12-18(21(28)23-19-9-10-25(3)24-19)26-11-8-17(13-20(26)27)29-16-6-4-15(22)5-7-16/h4-11,13-14,18H,12H2,1-3H3,(H,23,24,28). The van der Waals surface area contributed by atoms with Crippen molar-refractivity contribution >= 4 is 11.7 Å². The SMILES string of the molecule is CC(C)CC(C(=O)Nc1ccn(C)n1)n1ccc(Oc2ccc(F)cc2)cc1=O. The molecule has 3 rings (SSSR count). The summed E-state index contributed by atoms with van der Waals surface area (Å²) >= 11 is 0. The average molecular weight is 398 g/mol. The van der Waals surface area contributed by atoms with E-state index >= 15 is 0 Å². The molecule has 0 aliphatic carbocycles. The number of anilines is 1. The van der Waals surface area contributed by atoms with E-state index in [9.17, 15) is 14.0 Å². The van der Waals surface area contributed by atoms with Gasteiger partial charge in [0, 0.05) is 31.6 Å². The Kier molecular flexibility index (Phi) is 6.11. The number of benzene rings is 1. The predicted octanol–water partition coefficient (Wildman–Crippen LogP) is 3.74. The van der Waals surface area contributed by atoms with E-state index in [1.807, 2.05) is 13.8 Å². The van der Waals surface area contributed by atoms with Gasteiger partial charge >= 0.3 is 0 Å². The average Bonchev–Trinajstić information content (AvgIpc) is 3.06. The van der Waals surface area contributed by atoms with Gasteiger partial charge in [-0.05, 0) is 42.7 Å². The molecule has 8 heteroatoms. The van der Waals surface area contributed by atoms with Crippen molar-refractivity contribution in [3.8, 4) is 11.5 Å². The van der Waals surface area contributed by atoms with E-state index in [-0.39, 0.29) is 23.2 Å². The van der Waals surface area contributed by atoms with E-state index in [1.54, 1.807) is 30.1 Å². The lowest BCUT2D eigenvalue weighted by molar-refractivity contribution is -0.119. The molecular formula is C21H23FN4O3. The number of carbonyl (C=O) groups is 1. The lowest BCUT2D eigenvalue weighted by Gasteiger charge is -2.21. The first kappa shape index (κ1) is 20.3. The highest BCUT2D eigenvalue weighted by Crippen LogP contribution is 2.22. The zero-order chi connectivity index (χ0) is 21.0. The first-order chi connectivity index (χ1) is 13.8. The number of hydrogen-bond donors (Lipinski definition) is 1. The van der Waals surface area contributed by atoms with Crippen LogP contribution in [0.3, 0.4) is 0 Å². The second-order valence-corrected chi connectivity index (χ2v) is 7.17. The second-order valence-electron chi connectivity index (χ2n) is 7.17. The van der Waals surface area contributed by atoms with Crippen molar-refractivity contribution < 1.29 is 13.9 Å². The number of carbonyl (C=O) groups excluding carboxylic acids is 1. The third-order valence-corrected chi connectivity index (χ3v) is 4.27. The highest BCUT2D eigenvalue weighted by atomic mass is 19.1. The summed E-state index contributed by atoms with van der Waals surface area (Å²) in [6.45, 7) is 3.97. The Labute approximate surface area is 167 Å². The molecule has 0 saturated heterocycles. The number of hydrogen-bond acceptors (Lipinski definition) is 4. The van der Waals surface area contributed by atoms with Gasteiger partial charge in [0.25, 0.3) is 5.56 Å². The summed E-state index contributed by atoms with van der Waals surface area (Å²) in [5.41, 5.74) is -0.369. The van der Waals surface area contributed by atoms with Crippen LogP contribution in [0.1, 0.15) is 26.3 Å². The number of aryl methyl sites for hydroxylation is 1. The molecule has 0 bridgehead atoms. The molecule has 1 aromatic carbocycles. The minimum absolute atomic E-state index is 0.191. The molecule has 0 saturated carbocycles. The summed E-state index contributed by atoms with van der Waals surface area (Å²) in [4.78, 5) is 25.5. The molecule has 1 unspecified atom stereocenters. The fourth-order valence-corrected chi connectivity index (χ4v) is 2.92. The molecule has 7 nitrogen and oxygen atoms in total. The Morgan fingerprint density at radius 1 is 1.14 bits per heavy atom. The van der Waals surface area contributed by atoms with Crippen molar-refractivity contribution in [3.63, 3.8) is 0 Å². The van der Waals surface area contributed by atoms with Crippen LogP contribution < -0.4 is 15.6 Å². The molecule has 152 valence electrons. The molecule has 0 fully saturated rings. The zero-order valence-electron chi connectivity index (χ0n) is 16.5. The van der Waals surface area contributed by atoms with Gasteiger partial charge in [-0.2, -0.15) is 5.10 Å². The van der Waals surface area contributed by atoms with Crippen LogP contribution in [0.4, 0.5) is 10.2 Å². The Balaban J connectivity index is 1.82. The van der Waals surface area contributed by atoms with Crippen LogP contribution in [-0.4, -0.2) is 20.3 Å². The highest BCUT2D eigenvalue weighted by molar-refractivity contribution is 5.92. The van der Waals surface area contributed by atoms with Crippen molar-refractivity contribution in [1.29, 1.82) is 0 Å². The van der Waals surface area contributed by atoms with E-state index in [1.165, 1.54) is 41.1 Å². The predicted molar refractivity (Wildman–Crippen MR) is 108 cm³/mol. The number of nitrogens with zero attached hydrogens (tertiary/aromatic N) is 3. The van der Waals surface area contributed by atoms with E-state index in [0.29, 0.717) is 23.7 Å². The quantitative estimate of drug-likeness (QED) is 0.658. The number of nitrogens with one attached hydrogen (secondary N) is 1. The molecule has 2 aromatic heterocycles. The lowest BCUT2D eigenvalue weighted by atomic mass is 10.0. The third kappa shape index (κ3) is 5.31. The number of pyridine rings is 1. The number of halogens is 1. The second kappa shape index (κ2) is 8.72. The maximum absolute atomic E-state index is 13.0. The van der Waals surface area contributed by atoms with Gasteiger partial charge in [-0.3, -0.25) is 14.3 Å². The molecule has 1 N–H and O–H groups in total. The number of amides is 1. The summed E-state index contributed by atoms with van der Waals surface area (Å²) in [7, 11) is 1.76. The molecular weight excluding hydrogens is 375 g/mol. The normalized spacial score (nSPS) is 12.0. The van der Waals surface area contributed by atoms with Crippen LogP contribution in [0.15, 0.2) is 59.7 Å². The molecule has 1 amide bonds. The Hall–Kier alpha value is -3.42. The van der Waals surface area contributed by atoms with Crippen molar-refractivity contribution in [2.24, 2.45) is 13.0 Å². The maximum Gasteiger partial charge on any atom is 0.254 e. The summed E-state index contributed by atoms with van der Waals surface area (Å²) < 4.78 is 21.6. The number of aromatic nitrogens is 3. The molecule has 0 aliphatic heterocycles. The molecule has 2 heterocycles. The van der Waals surface area contributed by atoms with Crippen molar-refractivity contribution in [2.75, 3.05) is 5.32 Å². The zero-order valence-corrected chi connectivity index (χ0v) is 16.5. The molecule has 0 spiro atoms. The van der Waals surface area contributed by atoms with E-state index in [4.69, 9.17) is 4.74 Å². The third-order valence-electron chi connectivity index (χ3n) is 4.27. The van der Waals surface area contributed by atoms with E-state index < -0.39 is 6.04 Å². The highest BCUT2D eigenvalue weighted by Gasteiger charge is 2.23. The molecule has 3 aromatic rings. The van der Waals surface area contributed by atoms with Gasteiger partial charge in [0.05, 0.1) is 0 Å². The minimum atomic E-state index is -0.690. The number of rotatable bonds is 7. The van der Waals surface area contributed by atoms with Gasteiger partial charge in [-0.1, -0.05) is 13.8 Å². The Morgan fingerprint density at radius 3 is 2.45 bits per heavy atom. The lowest BCUT2D eigenvalue weighted by Crippen LogP contribution is -2.33. The Bertz CT molecular complexity index is 1040. The smallest absolute Gasteiger partial charge is 0.254 e. The number of ether oxygens (including phenoxy) is 1. The fraction of sp³-hybridized carbons (Fsp3) is 0.286. The van der Waals surface area contributed by atoms with Gasteiger partial charge < -0.3 is 14.6 Å². The first-order valence-corrected chi connectivity index (χ1v) is 9.28. The van der Waals surface area contributed by atoms with Gasteiger partial charge in [0.1, 0.15) is 23.4 Å². The summed E-state index contributed by atoms with van der Waals surface area (Å²) in [6, 6.07) is 9.41. The largest absolute Gasteiger partial charge is 0.457 e. The summed E-state index contributed by atoms with van der Waals surface area (Å²) in [5, 5.41) is 6.90. The van der Waals surface area contributed by atoms with Crippen molar-refractivity contribution in [1.82, 2.24) is 14.3 Å². The van der Waals surface area contributed by atoms with Gasteiger partial charge in [-0.25, -0.2) is 4.39 Å². The summed E-state index contributed by atoms with van der Waals surface area (Å²) in [5.74, 6) is 0.656. The van der Waals surface area contributed by atoms with Gasteiger partial charge in [0.2, 0.25) is 5.91 Å². The maximum atomic E-state index is 13.0. The first-order valence-electron chi connectivity index (χ1n) is 9.28. The van der Waals surface area contributed by atoms with Crippen molar-refractivity contribution in [2.45, 2.75) is 26.3 Å². The molecule has 0 radical (unpaired) electrons. The monoisotopic (exact) mass is 398 g/mol. The van der Waals surface area contributed by atoms with Crippen LogP contribution in [0, 0.1) is 11.7 Å². The van der Waals surface area contributed by atoms with Crippen LogP contribution in [-0.2, 0) is 11.8 Å².